The fourth-order valence-electron chi connectivity index (χ4n) is 1.35. The lowest BCUT2D eigenvalue weighted by Gasteiger charge is -2.15. The van der Waals surface area contributed by atoms with Crippen molar-refractivity contribution in [2.24, 2.45) is 0 Å². The molecule has 1 N–H and O–H groups in total. The van der Waals surface area contributed by atoms with Crippen LogP contribution in [0.2, 0.25) is 0 Å². The first-order chi connectivity index (χ1) is 8.54. The van der Waals surface area contributed by atoms with E-state index in [9.17, 15) is 4.79 Å². The lowest BCUT2D eigenvalue weighted by molar-refractivity contribution is -0.127. The first-order valence-electron chi connectivity index (χ1n) is 5.94. The lowest BCUT2D eigenvalue weighted by Crippen LogP contribution is -2.36. The number of carbonyl (C=O) groups is 1. The molecule has 100 valence electrons. The van der Waals surface area contributed by atoms with Crippen molar-refractivity contribution >= 4 is 37.8 Å². The van der Waals surface area contributed by atoms with Gasteiger partial charge in [-0.1, -0.05) is 29.3 Å². The highest BCUT2D eigenvalue weighted by atomic mass is 79.9. The number of rotatable bonds is 6. The van der Waals surface area contributed by atoms with Crippen LogP contribution in [0.25, 0.3) is 0 Å². The molecule has 1 aromatic rings. The van der Waals surface area contributed by atoms with Crippen LogP contribution in [0.5, 0.6) is 5.75 Å². The summed E-state index contributed by atoms with van der Waals surface area (Å²) < 4.78 is 7.40. The van der Waals surface area contributed by atoms with Gasteiger partial charge in [-0.2, -0.15) is 0 Å². The van der Waals surface area contributed by atoms with E-state index in [1.54, 1.807) is 6.92 Å². The second-order valence-electron chi connectivity index (χ2n) is 3.98. The van der Waals surface area contributed by atoms with E-state index >= 15 is 0 Å². The summed E-state index contributed by atoms with van der Waals surface area (Å²) in [7, 11) is 0. The number of hydrogen-bond donors (Lipinski definition) is 1. The number of unbranched alkanes of at least 4 members (excludes halogenated alkanes) is 1. The topological polar surface area (TPSA) is 38.3 Å². The van der Waals surface area contributed by atoms with Crippen LogP contribution < -0.4 is 10.1 Å². The van der Waals surface area contributed by atoms with Gasteiger partial charge in [0, 0.05) is 11.0 Å². The summed E-state index contributed by atoms with van der Waals surface area (Å²) >= 11 is 6.77. The van der Waals surface area contributed by atoms with Gasteiger partial charge < -0.3 is 10.1 Å². The van der Waals surface area contributed by atoms with Crippen molar-refractivity contribution in [2.75, 3.05) is 6.54 Å². The Kier molecular flexibility index (Phi) is 6.71. The van der Waals surface area contributed by atoms with Gasteiger partial charge in [0.25, 0.3) is 5.91 Å². The number of ether oxygens (including phenoxy) is 1. The molecule has 0 saturated carbocycles. The Balaban J connectivity index is 2.53. The van der Waals surface area contributed by atoms with Crippen LogP contribution >= 0.6 is 31.9 Å². The first-order valence-corrected chi connectivity index (χ1v) is 7.52. The second-order valence-corrected chi connectivity index (χ2v) is 5.75. The van der Waals surface area contributed by atoms with E-state index in [2.05, 4.69) is 44.1 Å². The highest BCUT2D eigenvalue weighted by Gasteiger charge is 2.15. The van der Waals surface area contributed by atoms with Crippen LogP contribution in [0.1, 0.15) is 26.7 Å². The lowest BCUT2D eigenvalue weighted by atomic mass is 10.3. The fourth-order valence-corrected chi connectivity index (χ4v) is 2.49. The molecule has 1 unspecified atom stereocenters. The van der Waals surface area contributed by atoms with Crippen molar-refractivity contribution in [3.63, 3.8) is 0 Å². The summed E-state index contributed by atoms with van der Waals surface area (Å²) in [5.74, 6) is 0.578. The predicted octanol–water partition coefficient (Wildman–Crippen LogP) is 3.90. The van der Waals surface area contributed by atoms with Crippen LogP contribution in [0, 0.1) is 0 Å². The largest absolute Gasteiger partial charge is 0.480 e. The maximum Gasteiger partial charge on any atom is 0.260 e. The second kappa shape index (κ2) is 7.79. The zero-order valence-corrected chi connectivity index (χ0v) is 13.7. The van der Waals surface area contributed by atoms with Crippen LogP contribution in [-0.4, -0.2) is 18.6 Å². The summed E-state index contributed by atoms with van der Waals surface area (Å²) in [6.45, 7) is 4.53. The smallest absolute Gasteiger partial charge is 0.260 e. The number of halogens is 2. The molecule has 0 aliphatic heterocycles. The molecule has 0 radical (unpaired) electrons. The molecule has 1 rings (SSSR count). The van der Waals surface area contributed by atoms with Gasteiger partial charge in [0.1, 0.15) is 5.75 Å². The molecule has 0 heterocycles. The van der Waals surface area contributed by atoms with Crippen molar-refractivity contribution in [3.05, 3.63) is 27.1 Å². The molecule has 1 aromatic carbocycles. The van der Waals surface area contributed by atoms with Gasteiger partial charge in [-0.15, -0.1) is 0 Å². The summed E-state index contributed by atoms with van der Waals surface area (Å²) in [5.41, 5.74) is 0. The maximum absolute atomic E-state index is 11.7. The number of hydrogen-bond acceptors (Lipinski definition) is 2. The molecular formula is C13H17Br2NO2. The van der Waals surface area contributed by atoms with E-state index in [-0.39, 0.29) is 5.91 Å². The van der Waals surface area contributed by atoms with Gasteiger partial charge in [-0.3, -0.25) is 4.79 Å². The quantitative estimate of drug-likeness (QED) is 0.762. The third kappa shape index (κ3) is 4.98. The minimum atomic E-state index is -0.501. The van der Waals surface area contributed by atoms with Gasteiger partial charge in [0.05, 0.1) is 4.47 Å². The Morgan fingerprint density at radius 3 is 2.78 bits per heavy atom. The van der Waals surface area contributed by atoms with E-state index in [4.69, 9.17) is 4.74 Å². The summed E-state index contributed by atoms with van der Waals surface area (Å²) in [5, 5.41) is 2.85. The van der Waals surface area contributed by atoms with E-state index in [1.165, 1.54) is 0 Å². The molecule has 1 amide bonds. The third-order valence-electron chi connectivity index (χ3n) is 2.40. The Hall–Kier alpha value is -0.550. The number of carbonyl (C=O) groups excluding carboxylic acids is 1. The van der Waals surface area contributed by atoms with Crippen molar-refractivity contribution in [3.8, 4) is 5.75 Å². The van der Waals surface area contributed by atoms with Crippen LogP contribution in [0.3, 0.4) is 0 Å². The van der Waals surface area contributed by atoms with Crippen molar-refractivity contribution in [1.29, 1.82) is 0 Å². The summed E-state index contributed by atoms with van der Waals surface area (Å²) in [4.78, 5) is 11.7. The van der Waals surface area contributed by atoms with Gasteiger partial charge >= 0.3 is 0 Å². The van der Waals surface area contributed by atoms with E-state index in [1.807, 2.05) is 18.2 Å². The van der Waals surface area contributed by atoms with Gasteiger partial charge in [-0.25, -0.2) is 0 Å². The number of amides is 1. The van der Waals surface area contributed by atoms with Crippen LogP contribution in [0.4, 0.5) is 0 Å². The van der Waals surface area contributed by atoms with E-state index < -0.39 is 6.10 Å². The molecule has 0 saturated heterocycles. The normalized spacial score (nSPS) is 12.0. The molecule has 0 aromatic heterocycles. The predicted molar refractivity (Wildman–Crippen MR) is 79.8 cm³/mol. The molecule has 0 aliphatic rings. The molecule has 0 bridgehead atoms. The van der Waals surface area contributed by atoms with Crippen molar-refractivity contribution < 1.29 is 9.53 Å². The number of nitrogens with one attached hydrogen (secondary N) is 1. The zero-order chi connectivity index (χ0) is 13.5. The van der Waals surface area contributed by atoms with Gasteiger partial charge in [0.15, 0.2) is 6.10 Å². The molecule has 0 fully saturated rings. The first kappa shape index (κ1) is 15.5. The Labute approximate surface area is 125 Å². The minimum Gasteiger partial charge on any atom is -0.480 e. The Morgan fingerprint density at radius 2 is 2.17 bits per heavy atom. The van der Waals surface area contributed by atoms with Crippen molar-refractivity contribution in [1.82, 2.24) is 5.32 Å². The average Bonchev–Trinajstić information content (AvgIpc) is 2.32. The molecule has 5 heteroatoms. The maximum atomic E-state index is 11.7. The minimum absolute atomic E-state index is 0.0849. The van der Waals surface area contributed by atoms with E-state index in [0.717, 1.165) is 21.8 Å². The monoisotopic (exact) mass is 377 g/mol. The third-order valence-corrected chi connectivity index (χ3v) is 3.51. The van der Waals surface area contributed by atoms with Gasteiger partial charge in [-0.05, 0) is 47.5 Å². The number of benzene rings is 1. The van der Waals surface area contributed by atoms with E-state index in [0.29, 0.717) is 12.3 Å². The summed E-state index contributed by atoms with van der Waals surface area (Å²) in [6.07, 6.45) is 1.55. The average molecular weight is 379 g/mol. The van der Waals surface area contributed by atoms with Crippen LogP contribution in [0.15, 0.2) is 27.1 Å². The Morgan fingerprint density at radius 1 is 1.44 bits per heavy atom. The van der Waals surface area contributed by atoms with Gasteiger partial charge in [0.2, 0.25) is 0 Å². The summed E-state index contributed by atoms with van der Waals surface area (Å²) in [6, 6.07) is 5.59. The fraction of sp³-hybridized carbons (Fsp3) is 0.462. The molecule has 3 nitrogen and oxygen atoms in total. The standard InChI is InChI=1S/C13H17Br2NO2/c1-3-4-7-16-13(17)9(2)18-12-6-5-10(14)8-11(12)15/h5-6,8-9H,3-4,7H2,1-2H3,(H,16,17). The SMILES string of the molecule is CCCCNC(=O)C(C)Oc1ccc(Br)cc1Br. The molecule has 0 spiro atoms. The molecule has 1 atom stereocenters. The molecule has 0 aliphatic carbocycles. The molecular weight excluding hydrogens is 362 g/mol. The molecule has 18 heavy (non-hydrogen) atoms. The van der Waals surface area contributed by atoms with Crippen molar-refractivity contribution in [2.45, 2.75) is 32.8 Å². The van der Waals surface area contributed by atoms with Crippen LogP contribution in [-0.2, 0) is 4.79 Å². The zero-order valence-electron chi connectivity index (χ0n) is 10.5. The highest BCUT2D eigenvalue weighted by Crippen LogP contribution is 2.28. The highest BCUT2D eigenvalue weighted by molar-refractivity contribution is 9.11. The Bertz CT molecular complexity index is 410.